The molecule has 0 spiro atoms. The van der Waals surface area contributed by atoms with Gasteiger partial charge in [0, 0.05) is 5.70 Å². The number of hydrogen-bond acceptors (Lipinski definition) is 2. The van der Waals surface area contributed by atoms with Crippen LogP contribution in [0.25, 0.3) is 10.8 Å². The number of benzene rings is 2. The van der Waals surface area contributed by atoms with Crippen LogP contribution in [-0.4, -0.2) is 11.0 Å². The molecular formula is C21H23NO2. The fourth-order valence-electron chi connectivity index (χ4n) is 2.66. The maximum Gasteiger partial charge on any atom is 0.259 e. The molecule has 1 amide bonds. The van der Waals surface area contributed by atoms with Crippen LogP contribution in [0.4, 0.5) is 0 Å². The van der Waals surface area contributed by atoms with E-state index < -0.39 is 0 Å². The van der Waals surface area contributed by atoms with Gasteiger partial charge in [-0.3, -0.25) is 4.79 Å². The molecule has 0 unspecified atom stereocenters. The fraction of sp³-hybridized carbons (Fsp3) is 0.190. The van der Waals surface area contributed by atoms with Gasteiger partial charge in [-0.25, -0.2) is 0 Å². The molecule has 3 nitrogen and oxygen atoms in total. The normalized spacial score (nSPS) is 11.9. The van der Waals surface area contributed by atoms with E-state index in [9.17, 15) is 9.90 Å². The number of carbonyl (C=O) groups excluding carboxylic acids is 1. The van der Waals surface area contributed by atoms with Crippen LogP contribution < -0.4 is 5.32 Å². The minimum absolute atomic E-state index is 0.0164. The lowest BCUT2D eigenvalue weighted by Gasteiger charge is -2.12. The van der Waals surface area contributed by atoms with Crippen molar-refractivity contribution in [3.8, 4) is 5.75 Å². The number of rotatable bonds is 5. The van der Waals surface area contributed by atoms with Crippen molar-refractivity contribution in [1.82, 2.24) is 5.32 Å². The van der Waals surface area contributed by atoms with E-state index in [0.717, 1.165) is 17.2 Å². The van der Waals surface area contributed by atoms with Gasteiger partial charge in [0.2, 0.25) is 0 Å². The first-order chi connectivity index (χ1) is 11.5. The molecule has 2 aromatic carbocycles. The minimum Gasteiger partial charge on any atom is -0.507 e. The molecule has 24 heavy (non-hydrogen) atoms. The highest BCUT2D eigenvalue weighted by Crippen LogP contribution is 2.31. The second-order valence-electron chi connectivity index (χ2n) is 5.62. The Bertz CT molecular complexity index is 845. The van der Waals surface area contributed by atoms with Crippen LogP contribution in [-0.2, 0) is 6.42 Å². The summed E-state index contributed by atoms with van der Waals surface area (Å²) in [6.07, 6.45) is 7.84. The predicted molar refractivity (Wildman–Crippen MR) is 100 cm³/mol. The fourth-order valence-corrected chi connectivity index (χ4v) is 2.66. The summed E-state index contributed by atoms with van der Waals surface area (Å²) < 4.78 is 0. The first kappa shape index (κ1) is 17.5. The maximum atomic E-state index is 12.6. The van der Waals surface area contributed by atoms with Crippen molar-refractivity contribution in [2.75, 3.05) is 0 Å². The zero-order valence-corrected chi connectivity index (χ0v) is 14.4. The van der Waals surface area contributed by atoms with Crippen LogP contribution in [0, 0.1) is 6.92 Å². The Morgan fingerprint density at radius 2 is 2.08 bits per heavy atom. The number of carbonyl (C=O) groups is 1. The van der Waals surface area contributed by atoms with Gasteiger partial charge in [0.15, 0.2) is 0 Å². The summed E-state index contributed by atoms with van der Waals surface area (Å²) in [4.78, 5) is 12.6. The zero-order chi connectivity index (χ0) is 17.7. The molecule has 0 saturated heterocycles. The number of hydrogen-bond donors (Lipinski definition) is 2. The van der Waals surface area contributed by atoms with Crippen LogP contribution in [0.5, 0.6) is 5.75 Å². The van der Waals surface area contributed by atoms with E-state index >= 15 is 0 Å². The van der Waals surface area contributed by atoms with E-state index in [1.165, 1.54) is 5.56 Å². The number of amides is 1. The lowest BCUT2D eigenvalue weighted by Crippen LogP contribution is -2.22. The first-order valence-electron chi connectivity index (χ1n) is 8.03. The third kappa shape index (κ3) is 3.57. The highest BCUT2D eigenvalue weighted by Gasteiger charge is 2.16. The average molecular weight is 321 g/mol. The van der Waals surface area contributed by atoms with Crippen molar-refractivity contribution in [2.45, 2.75) is 27.2 Å². The van der Waals surface area contributed by atoms with Gasteiger partial charge in [0.25, 0.3) is 5.91 Å². The number of allylic oxidation sites excluding steroid dienone is 4. The van der Waals surface area contributed by atoms with E-state index in [-0.39, 0.29) is 17.2 Å². The van der Waals surface area contributed by atoms with Crippen LogP contribution in [0.15, 0.2) is 60.8 Å². The molecule has 0 aromatic heterocycles. The van der Waals surface area contributed by atoms with Gasteiger partial charge < -0.3 is 10.4 Å². The van der Waals surface area contributed by atoms with Gasteiger partial charge in [-0.05, 0) is 60.4 Å². The number of aryl methyl sites for hydroxylation is 2. The highest BCUT2D eigenvalue weighted by molar-refractivity contribution is 6.03. The number of aromatic hydroxyl groups is 1. The van der Waals surface area contributed by atoms with E-state index in [4.69, 9.17) is 0 Å². The Kier molecular flexibility index (Phi) is 5.59. The second kappa shape index (κ2) is 7.64. The summed E-state index contributed by atoms with van der Waals surface area (Å²) in [5.74, 6) is -0.326. The topological polar surface area (TPSA) is 49.3 Å². The van der Waals surface area contributed by atoms with Gasteiger partial charge in [-0.2, -0.15) is 0 Å². The lowest BCUT2D eigenvalue weighted by molar-refractivity contribution is 0.0964. The summed E-state index contributed by atoms with van der Waals surface area (Å²) in [5.41, 5.74) is 2.80. The predicted octanol–water partition coefficient (Wildman–Crippen LogP) is 4.79. The van der Waals surface area contributed by atoms with Crippen molar-refractivity contribution in [2.24, 2.45) is 0 Å². The van der Waals surface area contributed by atoms with Crippen LogP contribution in [0.2, 0.25) is 0 Å². The van der Waals surface area contributed by atoms with Gasteiger partial charge in [0.1, 0.15) is 5.75 Å². The SMILES string of the molecule is C=C/C=C(\C=C/C)NC(=O)c1cc2cc(CC)ccc2c(C)c1O. The van der Waals surface area contributed by atoms with Crippen molar-refractivity contribution in [3.05, 3.63) is 77.5 Å². The Hall–Kier alpha value is -2.81. The van der Waals surface area contributed by atoms with Gasteiger partial charge >= 0.3 is 0 Å². The standard InChI is InChI=1S/C21H23NO2/c1-5-8-17(9-6-2)22-21(24)19-13-16-12-15(7-3)10-11-18(16)14(4)20(19)23/h5-6,8-13,23H,1,7H2,2-4H3,(H,22,24)/b9-6-,17-8+. The Labute approximate surface area is 143 Å². The van der Waals surface area contributed by atoms with Crippen LogP contribution in [0.1, 0.15) is 35.3 Å². The molecule has 0 radical (unpaired) electrons. The summed E-state index contributed by atoms with van der Waals surface area (Å²) in [5, 5.41) is 15.2. The summed E-state index contributed by atoms with van der Waals surface area (Å²) in [7, 11) is 0. The molecule has 0 aliphatic heterocycles. The van der Waals surface area contributed by atoms with Gasteiger partial charge in [0.05, 0.1) is 5.56 Å². The van der Waals surface area contributed by atoms with Crippen LogP contribution in [0.3, 0.4) is 0 Å². The Morgan fingerprint density at radius 3 is 2.71 bits per heavy atom. The quantitative estimate of drug-likeness (QED) is 0.778. The average Bonchev–Trinajstić information content (AvgIpc) is 2.57. The molecule has 3 heteroatoms. The number of nitrogens with one attached hydrogen (secondary N) is 1. The molecule has 124 valence electrons. The molecule has 0 bridgehead atoms. The molecular weight excluding hydrogens is 298 g/mol. The largest absolute Gasteiger partial charge is 0.507 e. The van der Waals surface area contributed by atoms with Gasteiger partial charge in [-0.1, -0.05) is 43.9 Å². The van der Waals surface area contributed by atoms with Gasteiger partial charge in [-0.15, -0.1) is 0 Å². The molecule has 0 aliphatic rings. The Balaban J connectivity index is 2.51. The smallest absolute Gasteiger partial charge is 0.259 e. The summed E-state index contributed by atoms with van der Waals surface area (Å²) in [6.45, 7) is 9.43. The molecule has 0 fully saturated rings. The van der Waals surface area contributed by atoms with Crippen molar-refractivity contribution in [3.63, 3.8) is 0 Å². The molecule has 0 heterocycles. The van der Waals surface area contributed by atoms with Crippen molar-refractivity contribution < 1.29 is 9.90 Å². The molecule has 2 aromatic rings. The molecule has 0 saturated carbocycles. The van der Waals surface area contributed by atoms with Crippen molar-refractivity contribution in [1.29, 1.82) is 0 Å². The summed E-state index contributed by atoms with van der Waals surface area (Å²) in [6, 6.07) is 7.84. The third-order valence-corrected chi connectivity index (χ3v) is 3.98. The molecule has 2 N–H and O–H groups in total. The number of phenolic OH excluding ortho intramolecular Hbond substituents is 1. The molecule has 2 rings (SSSR count). The monoisotopic (exact) mass is 321 g/mol. The lowest BCUT2D eigenvalue weighted by atomic mass is 9.97. The third-order valence-electron chi connectivity index (χ3n) is 3.98. The zero-order valence-electron chi connectivity index (χ0n) is 14.4. The van der Waals surface area contributed by atoms with Crippen molar-refractivity contribution >= 4 is 16.7 Å². The molecule has 0 aliphatic carbocycles. The second-order valence-corrected chi connectivity index (χ2v) is 5.62. The number of fused-ring (bicyclic) bond motifs is 1. The maximum absolute atomic E-state index is 12.6. The highest BCUT2D eigenvalue weighted by atomic mass is 16.3. The minimum atomic E-state index is -0.342. The first-order valence-corrected chi connectivity index (χ1v) is 8.03. The van der Waals surface area contributed by atoms with E-state index in [1.807, 2.05) is 32.1 Å². The number of phenols is 1. The van der Waals surface area contributed by atoms with Crippen LogP contribution >= 0.6 is 0 Å². The van der Waals surface area contributed by atoms with E-state index in [0.29, 0.717) is 11.3 Å². The Morgan fingerprint density at radius 1 is 1.33 bits per heavy atom. The van der Waals surface area contributed by atoms with E-state index in [2.05, 4.69) is 24.9 Å². The molecule has 0 atom stereocenters. The summed E-state index contributed by atoms with van der Waals surface area (Å²) >= 11 is 0. The van der Waals surface area contributed by atoms with E-state index in [1.54, 1.807) is 24.3 Å².